The fraction of sp³-hybridized carbons (Fsp3) is 0.476. The summed E-state index contributed by atoms with van der Waals surface area (Å²) in [7, 11) is 0. The molecule has 0 radical (unpaired) electrons. The number of hydrogen-bond donors (Lipinski definition) is 2. The molecule has 0 saturated carbocycles. The van der Waals surface area contributed by atoms with Gasteiger partial charge in [-0.25, -0.2) is 5.01 Å². The van der Waals surface area contributed by atoms with Gasteiger partial charge in [-0.15, -0.1) is 0 Å². The second-order valence-electron chi connectivity index (χ2n) is 7.67. The van der Waals surface area contributed by atoms with Crippen molar-refractivity contribution in [1.82, 2.24) is 15.3 Å². The van der Waals surface area contributed by atoms with Crippen LogP contribution in [0, 0.1) is 10.1 Å². The summed E-state index contributed by atoms with van der Waals surface area (Å²) in [6, 6.07) is 3.97. The molecule has 2 amide bonds. The number of allylic oxidation sites excluding steroid dienone is 1. The van der Waals surface area contributed by atoms with Crippen LogP contribution in [0.4, 0.5) is 11.4 Å². The molecule has 1 aliphatic heterocycles. The minimum Gasteiger partial charge on any atom is -0.361 e. The Morgan fingerprint density at radius 3 is 2.65 bits per heavy atom. The molecule has 10 heteroatoms. The topological polar surface area (TPSA) is 108 Å². The number of amides is 2. The van der Waals surface area contributed by atoms with Crippen LogP contribution < -0.4 is 10.6 Å². The third-order valence-electron chi connectivity index (χ3n) is 5.35. The first-order chi connectivity index (χ1) is 14.9. The highest BCUT2D eigenvalue weighted by atomic mass is 32.1. The van der Waals surface area contributed by atoms with Gasteiger partial charge in [-0.1, -0.05) is 11.6 Å². The van der Waals surface area contributed by atoms with Crippen molar-refractivity contribution in [2.75, 3.05) is 25.0 Å². The molecule has 1 aromatic rings. The molecule has 9 nitrogen and oxygen atoms in total. The number of nitro groups is 1. The van der Waals surface area contributed by atoms with E-state index in [-0.39, 0.29) is 17.2 Å². The van der Waals surface area contributed by atoms with Gasteiger partial charge in [-0.05, 0) is 62.9 Å². The quantitative estimate of drug-likeness (QED) is 0.299. The van der Waals surface area contributed by atoms with Gasteiger partial charge in [0.2, 0.25) is 5.91 Å². The zero-order valence-corrected chi connectivity index (χ0v) is 18.4. The number of anilines is 1. The third-order valence-corrected chi connectivity index (χ3v) is 5.71. The maximum absolute atomic E-state index is 13.2. The van der Waals surface area contributed by atoms with Crippen LogP contribution in [0.2, 0.25) is 0 Å². The van der Waals surface area contributed by atoms with Crippen molar-refractivity contribution in [1.29, 1.82) is 0 Å². The van der Waals surface area contributed by atoms with Gasteiger partial charge >= 0.3 is 0 Å². The van der Waals surface area contributed by atoms with Crippen LogP contribution in [-0.2, 0) is 4.79 Å². The molecule has 0 unspecified atom stereocenters. The number of carbonyl (C=O) groups is 2. The predicted octanol–water partition coefficient (Wildman–Crippen LogP) is 3.38. The zero-order valence-electron chi connectivity index (χ0n) is 17.6. The number of benzene rings is 1. The molecule has 0 bridgehead atoms. The average Bonchev–Trinajstić information content (AvgIpc) is 3.23. The number of carbonyl (C=O) groups excluding carboxylic acids is 2. The molecule has 3 rings (SSSR count). The molecular weight excluding hydrogens is 418 g/mol. The lowest BCUT2D eigenvalue weighted by Gasteiger charge is -2.30. The Morgan fingerprint density at radius 2 is 1.97 bits per heavy atom. The first-order valence-corrected chi connectivity index (χ1v) is 10.9. The molecule has 1 heterocycles. The SMILES string of the molecule is CC(=O)Nc1ccc([N+](=O)[O-])c(C(=O)N2CCCN2C(=S)NCCC2=CCCCC2)c1. The summed E-state index contributed by atoms with van der Waals surface area (Å²) >= 11 is 5.50. The second kappa shape index (κ2) is 10.3. The molecule has 1 fully saturated rings. The molecule has 2 aliphatic rings. The van der Waals surface area contributed by atoms with Crippen LogP contribution in [0.25, 0.3) is 0 Å². The lowest BCUT2D eigenvalue weighted by Crippen LogP contribution is -2.49. The maximum atomic E-state index is 13.2. The van der Waals surface area contributed by atoms with E-state index in [1.807, 2.05) is 0 Å². The van der Waals surface area contributed by atoms with E-state index >= 15 is 0 Å². The summed E-state index contributed by atoms with van der Waals surface area (Å²) < 4.78 is 0. The van der Waals surface area contributed by atoms with E-state index in [0.717, 1.165) is 19.3 Å². The molecule has 0 aromatic heterocycles. The van der Waals surface area contributed by atoms with Crippen molar-refractivity contribution < 1.29 is 14.5 Å². The van der Waals surface area contributed by atoms with Crippen LogP contribution in [0.5, 0.6) is 0 Å². The van der Waals surface area contributed by atoms with E-state index in [2.05, 4.69) is 16.7 Å². The molecule has 2 N–H and O–H groups in total. The summed E-state index contributed by atoms with van der Waals surface area (Å²) in [5.41, 5.74) is 1.36. The van der Waals surface area contributed by atoms with Gasteiger partial charge in [0.05, 0.1) is 4.92 Å². The van der Waals surface area contributed by atoms with Gasteiger partial charge < -0.3 is 10.6 Å². The van der Waals surface area contributed by atoms with Crippen LogP contribution in [-0.4, -0.2) is 51.5 Å². The van der Waals surface area contributed by atoms with E-state index in [1.165, 1.54) is 48.5 Å². The van der Waals surface area contributed by atoms with Gasteiger partial charge in [-0.3, -0.25) is 24.7 Å². The van der Waals surface area contributed by atoms with Gasteiger partial charge in [0, 0.05) is 38.3 Å². The fourth-order valence-electron chi connectivity index (χ4n) is 3.87. The van der Waals surface area contributed by atoms with Crippen LogP contribution in [0.1, 0.15) is 55.8 Å². The second-order valence-corrected chi connectivity index (χ2v) is 8.05. The highest BCUT2D eigenvalue weighted by molar-refractivity contribution is 7.80. The van der Waals surface area contributed by atoms with E-state index in [4.69, 9.17) is 12.2 Å². The van der Waals surface area contributed by atoms with Crippen LogP contribution in [0.3, 0.4) is 0 Å². The summed E-state index contributed by atoms with van der Waals surface area (Å²) in [5, 5.41) is 20.8. The normalized spacial score (nSPS) is 16.0. The number of rotatable bonds is 6. The Hall–Kier alpha value is -3.01. The monoisotopic (exact) mass is 445 g/mol. The third kappa shape index (κ3) is 5.78. The average molecular weight is 446 g/mol. The summed E-state index contributed by atoms with van der Waals surface area (Å²) in [5.74, 6) is -0.843. The van der Waals surface area contributed by atoms with Crippen LogP contribution >= 0.6 is 12.2 Å². The first-order valence-electron chi connectivity index (χ1n) is 10.5. The number of nitrogens with one attached hydrogen (secondary N) is 2. The van der Waals surface area contributed by atoms with E-state index in [0.29, 0.717) is 36.9 Å². The van der Waals surface area contributed by atoms with E-state index in [9.17, 15) is 19.7 Å². The summed E-state index contributed by atoms with van der Waals surface area (Å²) in [6.45, 7) is 2.98. The smallest absolute Gasteiger partial charge is 0.282 e. The number of nitrogens with zero attached hydrogens (tertiary/aromatic N) is 3. The number of hydrogen-bond acceptors (Lipinski definition) is 5. The molecule has 166 valence electrons. The molecule has 1 aromatic carbocycles. The zero-order chi connectivity index (χ0) is 22.4. The molecule has 31 heavy (non-hydrogen) atoms. The van der Waals surface area contributed by atoms with Crippen LogP contribution in [0.15, 0.2) is 29.8 Å². The number of thiocarbonyl (C=S) groups is 1. The number of nitro benzene ring substituents is 1. The van der Waals surface area contributed by atoms with Gasteiger partial charge in [0.15, 0.2) is 5.11 Å². The highest BCUT2D eigenvalue weighted by Gasteiger charge is 2.33. The molecule has 0 atom stereocenters. The van der Waals surface area contributed by atoms with Crippen molar-refractivity contribution in [3.05, 3.63) is 45.5 Å². The van der Waals surface area contributed by atoms with Crippen molar-refractivity contribution in [2.45, 2.75) is 45.4 Å². The highest BCUT2D eigenvalue weighted by Crippen LogP contribution is 2.26. The number of hydrazine groups is 1. The Labute approximate surface area is 186 Å². The van der Waals surface area contributed by atoms with Crippen molar-refractivity contribution in [3.63, 3.8) is 0 Å². The standard InChI is InChI=1S/C21H27N5O4S/c1-15(27)23-17-8-9-19(26(29)30)18(14-17)20(28)24-12-5-13-25(24)21(31)22-11-10-16-6-3-2-4-7-16/h6,8-9,14H,2-5,7,10-13H2,1H3,(H,22,31)(H,23,27). The molecular formula is C21H27N5O4S. The van der Waals surface area contributed by atoms with Crippen molar-refractivity contribution in [2.24, 2.45) is 0 Å². The Balaban J connectivity index is 1.71. The van der Waals surface area contributed by atoms with Crippen molar-refractivity contribution in [3.8, 4) is 0 Å². The van der Waals surface area contributed by atoms with Gasteiger partial charge in [-0.2, -0.15) is 0 Å². The lowest BCUT2D eigenvalue weighted by molar-refractivity contribution is -0.385. The Kier molecular flexibility index (Phi) is 7.56. The Bertz CT molecular complexity index is 917. The molecule has 1 aliphatic carbocycles. The van der Waals surface area contributed by atoms with E-state index < -0.39 is 10.8 Å². The molecule has 1 saturated heterocycles. The maximum Gasteiger partial charge on any atom is 0.282 e. The molecule has 0 spiro atoms. The minimum absolute atomic E-state index is 0.0849. The lowest BCUT2D eigenvalue weighted by atomic mass is 9.97. The Morgan fingerprint density at radius 1 is 1.19 bits per heavy atom. The summed E-state index contributed by atoms with van der Waals surface area (Å²) in [4.78, 5) is 35.4. The first kappa shape index (κ1) is 22.7. The summed E-state index contributed by atoms with van der Waals surface area (Å²) in [6.07, 6.45) is 8.63. The van der Waals surface area contributed by atoms with E-state index in [1.54, 1.807) is 5.01 Å². The van der Waals surface area contributed by atoms with Gasteiger partial charge in [0.1, 0.15) is 5.56 Å². The van der Waals surface area contributed by atoms with Crippen molar-refractivity contribution >= 4 is 40.5 Å². The minimum atomic E-state index is -0.598. The van der Waals surface area contributed by atoms with Gasteiger partial charge in [0.25, 0.3) is 11.6 Å². The fourth-order valence-corrected chi connectivity index (χ4v) is 4.17. The predicted molar refractivity (Wildman–Crippen MR) is 122 cm³/mol. The largest absolute Gasteiger partial charge is 0.361 e.